The second-order valence-electron chi connectivity index (χ2n) is 3.48. The Labute approximate surface area is 107 Å². The summed E-state index contributed by atoms with van der Waals surface area (Å²) in [6.45, 7) is 1.36. The first-order valence-electron chi connectivity index (χ1n) is 5.02. The molecule has 0 radical (unpaired) electrons. The van der Waals surface area contributed by atoms with E-state index in [1.807, 2.05) is 0 Å². The average molecular weight is 267 g/mol. The van der Waals surface area contributed by atoms with Crippen LogP contribution < -0.4 is 4.74 Å². The van der Waals surface area contributed by atoms with Crippen molar-refractivity contribution in [3.8, 4) is 11.6 Å². The van der Waals surface area contributed by atoms with Gasteiger partial charge in [0, 0.05) is 5.56 Å². The van der Waals surface area contributed by atoms with Crippen molar-refractivity contribution in [2.45, 2.75) is 6.92 Å². The molecule has 0 fully saturated rings. The summed E-state index contributed by atoms with van der Waals surface area (Å²) >= 11 is 5.78. The van der Waals surface area contributed by atoms with Crippen LogP contribution in [-0.2, 0) is 0 Å². The number of Topliss-reactive ketones (excluding diaryl/α,β-unsaturated/α-hetero) is 1. The molecule has 0 aliphatic carbocycles. The molecule has 0 bridgehead atoms. The lowest BCUT2D eigenvalue weighted by Crippen LogP contribution is -1.96. The van der Waals surface area contributed by atoms with E-state index in [9.17, 15) is 9.18 Å². The van der Waals surface area contributed by atoms with Crippen LogP contribution in [0.25, 0.3) is 0 Å². The minimum absolute atomic E-state index is 0.0550. The van der Waals surface area contributed by atoms with E-state index in [0.29, 0.717) is 0 Å². The van der Waals surface area contributed by atoms with E-state index in [4.69, 9.17) is 16.3 Å². The van der Waals surface area contributed by atoms with Gasteiger partial charge in [-0.1, -0.05) is 11.6 Å². The molecule has 0 saturated carbocycles. The van der Waals surface area contributed by atoms with Gasteiger partial charge < -0.3 is 4.74 Å². The predicted molar refractivity (Wildman–Crippen MR) is 63.5 cm³/mol. The third-order valence-corrected chi connectivity index (χ3v) is 2.44. The first-order chi connectivity index (χ1) is 8.58. The fraction of sp³-hybridized carbons (Fsp3) is 0.0833. The highest BCUT2D eigenvalue weighted by molar-refractivity contribution is 6.31. The summed E-state index contributed by atoms with van der Waals surface area (Å²) in [6.07, 6.45) is 2.58. The molecular weight excluding hydrogens is 259 g/mol. The number of ether oxygens (including phenoxy) is 1. The van der Waals surface area contributed by atoms with Crippen molar-refractivity contribution in [2.75, 3.05) is 0 Å². The highest BCUT2D eigenvalue weighted by atomic mass is 35.5. The summed E-state index contributed by atoms with van der Waals surface area (Å²) in [5.41, 5.74) is 0.272. The van der Waals surface area contributed by atoms with Crippen molar-refractivity contribution in [1.82, 2.24) is 9.97 Å². The number of hydrogen-bond acceptors (Lipinski definition) is 4. The largest absolute Gasteiger partial charge is 0.434 e. The van der Waals surface area contributed by atoms with Gasteiger partial charge in [-0.3, -0.25) is 4.79 Å². The van der Waals surface area contributed by atoms with Gasteiger partial charge in [0.15, 0.2) is 17.3 Å². The molecule has 1 aromatic heterocycles. The molecule has 0 aliphatic rings. The van der Waals surface area contributed by atoms with Crippen LogP contribution in [0.5, 0.6) is 11.6 Å². The molecular formula is C12H8ClFN2O2. The maximum atomic E-state index is 13.7. The van der Waals surface area contributed by atoms with Gasteiger partial charge in [-0.25, -0.2) is 14.4 Å². The second-order valence-corrected chi connectivity index (χ2v) is 3.89. The molecule has 1 aromatic carbocycles. The molecule has 0 unspecified atom stereocenters. The highest BCUT2D eigenvalue weighted by Gasteiger charge is 2.11. The zero-order valence-electron chi connectivity index (χ0n) is 9.35. The SMILES string of the molecule is CC(=O)c1ccc(Oc2ncncc2Cl)c(F)c1. The molecule has 4 nitrogen and oxygen atoms in total. The third kappa shape index (κ3) is 2.62. The van der Waals surface area contributed by atoms with Crippen LogP contribution in [-0.4, -0.2) is 15.8 Å². The van der Waals surface area contributed by atoms with Gasteiger partial charge in [-0.05, 0) is 25.1 Å². The van der Waals surface area contributed by atoms with Crippen LogP contribution in [0.15, 0.2) is 30.7 Å². The van der Waals surface area contributed by atoms with Crippen molar-refractivity contribution in [2.24, 2.45) is 0 Å². The van der Waals surface area contributed by atoms with Gasteiger partial charge in [0.05, 0.1) is 6.20 Å². The molecule has 0 N–H and O–H groups in total. The van der Waals surface area contributed by atoms with Crippen LogP contribution in [0.1, 0.15) is 17.3 Å². The maximum Gasteiger partial charge on any atom is 0.241 e. The first kappa shape index (κ1) is 12.4. The monoisotopic (exact) mass is 266 g/mol. The Balaban J connectivity index is 2.30. The second kappa shape index (κ2) is 5.10. The molecule has 1 heterocycles. The molecule has 92 valence electrons. The average Bonchev–Trinajstić information content (AvgIpc) is 2.34. The fourth-order valence-corrected chi connectivity index (χ4v) is 1.43. The summed E-state index contributed by atoms with van der Waals surface area (Å²) in [4.78, 5) is 18.5. The van der Waals surface area contributed by atoms with Gasteiger partial charge >= 0.3 is 0 Å². The van der Waals surface area contributed by atoms with E-state index in [1.165, 1.54) is 31.6 Å². The van der Waals surface area contributed by atoms with Crippen molar-refractivity contribution < 1.29 is 13.9 Å². The van der Waals surface area contributed by atoms with Crippen LogP contribution >= 0.6 is 11.6 Å². The Morgan fingerprint density at radius 3 is 2.83 bits per heavy atom. The highest BCUT2D eigenvalue weighted by Crippen LogP contribution is 2.28. The molecule has 0 aliphatic heterocycles. The summed E-state index contributed by atoms with van der Waals surface area (Å²) in [5.74, 6) is -0.875. The summed E-state index contributed by atoms with van der Waals surface area (Å²) in [6, 6.07) is 3.92. The Morgan fingerprint density at radius 1 is 1.44 bits per heavy atom. The number of rotatable bonds is 3. The minimum atomic E-state index is -0.655. The van der Waals surface area contributed by atoms with Crippen molar-refractivity contribution in [3.05, 3.63) is 47.1 Å². The van der Waals surface area contributed by atoms with Crippen LogP contribution in [0.2, 0.25) is 5.02 Å². The number of halogens is 2. The number of benzene rings is 1. The molecule has 2 aromatic rings. The van der Waals surface area contributed by atoms with E-state index in [0.717, 1.165) is 6.07 Å². The van der Waals surface area contributed by atoms with Gasteiger partial charge in [0.2, 0.25) is 5.88 Å². The lowest BCUT2D eigenvalue weighted by molar-refractivity contribution is 0.101. The molecule has 0 amide bonds. The molecule has 0 spiro atoms. The molecule has 0 atom stereocenters. The van der Waals surface area contributed by atoms with Gasteiger partial charge in [-0.15, -0.1) is 0 Å². The lowest BCUT2D eigenvalue weighted by Gasteiger charge is -2.07. The molecule has 2 rings (SSSR count). The van der Waals surface area contributed by atoms with Gasteiger partial charge in [-0.2, -0.15) is 0 Å². The fourth-order valence-electron chi connectivity index (χ4n) is 1.28. The van der Waals surface area contributed by atoms with Crippen molar-refractivity contribution >= 4 is 17.4 Å². The molecule has 6 heteroatoms. The maximum absolute atomic E-state index is 13.7. The predicted octanol–water partition coefficient (Wildman–Crippen LogP) is 3.26. The lowest BCUT2D eigenvalue weighted by atomic mass is 10.1. The Kier molecular flexibility index (Phi) is 3.53. The Bertz CT molecular complexity index is 604. The van der Waals surface area contributed by atoms with Gasteiger partial charge in [0.1, 0.15) is 11.3 Å². The topological polar surface area (TPSA) is 52.1 Å². The quantitative estimate of drug-likeness (QED) is 0.800. The Morgan fingerprint density at radius 2 is 2.22 bits per heavy atom. The van der Waals surface area contributed by atoms with Crippen LogP contribution in [0.3, 0.4) is 0 Å². The van der Waals surface area contributed by atoms with E-state index >= 15 is 0 Å². The van der Waals surface area contributed by atoms with Gasteiger partial charge in [0.25, 0.3) is 0 Å². The Hall–Kier alpha value is -2.01. The number of hydrogen-bond donors (Lipinski definition) is 0. The standard InChI is InChI=1S/C12H8ClFN2O2/c1-7(17)8-2-3-11(10(14)4-8)18-12-9(13)5-15-6-16-12/h2-6H,1H3. The minimum Gasteiger partial charge on any atom is -0.434 e. The van der Waals surface area contributed by atoms with E-state index in [1.54, 1.807) is 0 Å². The zero-order valence-corrected chi connectivity index (χ0v) is 10.1. The first-order valence-corrected chi connectivity index (χ1v) is 5.39. The van der Waals surface area contributed by atoms with E-state index < -0.39 is 5.82 Å². The molecule has 0 saturated heterocycles. The summed E-state index contributed by atoms with van der Waals surface area (Å²) in [5, 5.41) is 0.174. The number of nitrogens with zero attached hydrogens (tertiary/aromatic N) is 2. The molecule has 18 heavy (non-hydrogen) atoms. The summed E-state index contributed by atoms with van der Waals surface area (Å²) < 4.78 is 18.9. The number of carbonyl (C=O) groups excluding carboxylic acids is 1. The number of carbonyl (C=O) groups is 1. The zero-order chi connectivity index (χ0) is 13.1. The van der Waals surface area contributed by atoms with E-state index in [2.05, 4.69) is 9.97 Å². The normalized spacial score (nSPS) is 10.2. The smallest absolute Gasteiger partial charge is 0.241 e. The van der Waals surface area contributed by atoms with Crippen LogP contribution in [0, 0.1) is 5.82 Å². The van der Waals surface area contributed by atoms with Crippen molar-refractivity contribution in [3.63, 3.8) is 0 Å². The summed E-state index contributed by atoms with van der Waals surface area (Å²) in [7, 11) is 0. The van der Waals surface area contributed by atoms with E-state index in [-0.39, 0.29) is 28.0 Å². The number of ketones is 1. The number of aromatic nitrogens is 2. The van der Waals surface area contributed by atoms with Crippen LogP contribution in [0.4, 0.5) is 4.39 Å². The third-order valence-electron chi connectivity index (χ3n) is 2.18. The van der Waals surface area contributed by atoms with Crippen molar-refractivity contribution in [1.29, 1.82) is 0 Å².